The van der Waals surface area contributed by atoms with Crippen LogP contribution in [0.3, 0.4) is 0 Å². The molecule has 2 rings (SSSR count). The van der Waals surface area contributed by atoms with Gasteiger partial charge in [-0.25, -0.2) is 13.6 Å². The second kappa shape index (κ2) is 6.09. The van der Waals surface area contributed by atoms with Crippen LogP contribution in [-0.4, -0.2) is 34.2 Å². The summed E-state index contributed by atoms with van der Waals surface area (Å²) in [6, 6.07) is 3.62. The molecule has 1 aromatic rings. The Labute approximate surface area is 129 Å². The van der Waals surface area contributed by atoms with Gasteiger partial charge in [0.2, 0.25) is 10.0 Å². The molecule has 0 saturated carbocycles. The normalized spacial score (nSPS) is 17.6. The summed E-state index contributed by atoms with van der Waals surface area (Å²) in [4.78, 5) is -0.205. The van der Waals surface area contributed by atoms with Crippen LogP contribution in [0.15, 0.2) is 23.1 Å². The fraction of sp³-hybridized carbons (Fsp3) is 0.455. The van der Waals surface area contributed by atoms with E-state index in [0.29, 0.717) is 13.1 Å². The van der Waals surface area contributed by atoms with E-state index in [1.165, 1.54) is 16.4 Å². The number of nitrogens with two attached hydrogens (primary N) is 1. The number of primary sulfonamides is 1. The number of rotatable bonds is 4. The quantitative estimate of drug-likeness (QED) is 0.845. The molecule has 3 N–H and O–H groups in total. The van der Waals surface area contributed by atoms with Gasteiger partial charge in [0.1, 0.15) is 0 Å². The van der Waals surface area contributed by atoms with E-state index in [1.807, 2.05) is 0 Å². The standard InChI is InChI=1S/C11H16ClN3O4S2/c12-10-5-4-9(20(13,16)17)8-11(10)14-21(18,19)15-6-2-1-3-7-15/h4-5,8,14H,1-3,6-7H2,(H2,13,16,17). The van der Waals surface area contributed by atoms with Gasteiger partial charge in [0.25, 0.3) is 0 Å². The molecule has 7 nitrogen and oxygen atoms in total. The molecule has 1 aliphatic heterocycles. The Morgan fingerprint density at radius 3 is 2.29 bits per heavy atom. The molecule has 1 fully saturated rings. The highest BCUT2D eigenvalue weighted by Gasteiger charge is 2.25. The lowest BCUT2D eigenvalue weighted by Crippen LogP contribution is -2.39. The van der Waals surface area contributed by atoms with Crippen molar-refractivity contribution in [2.24, 2.45) is 5.14 Å². The van der Waals surface area contributed by atoms with Crippen LogP contribution in [0.5, 0.6) is 0 Å². The molecule has 1 saturated heterocycles. The molecule has 0 radical (unpaired) electrons. The molecule has 21 heavy (non-hydrogen) atoms. The van der Waals surface area contributed by atoms with E-state index >= 15 is 0 Å². The van der Waals surface area contributed by atoms with Crippen molar-refractivity contribution in [3.8, 4) is 0 Å². The molecule has 1 aliphatic rings. The predicted molar refractivity (Wildman–Crippen MR) is 80.8 cm³/mol. The maximum atomic E-state index is 12.2. The minimum Gasteiger partial charge on any atom is -0.269 e. The van der Waals surface area contributed by atoms with Crippen LogP contribution >= 0.6 is 11.6 Å². The number of halogens is 1. The van der Waals surface area contributed by atoms with Crippen LogP contribution in [0.2, 0.25) is 5.02 Å². The maximum absolute atomic E-state index is 12.2. The van der Waals surface area contributed by atoms with Gasteiger partial charge in [0.05, 0.1) is 15.6 Å². The van der Waals surface area contributed by atoms with Crippen molar-refractivity contribution in [3.63, 3.8) is 0 Å². The van der Waals surface area contributed by atoms with E-state index < -0.39 is 20.2 Å². The highest BCUT2D eigenvalue weighted by molar-refractivity contribution is 7.90. The second-order valence-corrected chi connectivity index (χ2v) is 8.39. The maximum Gasteiger partial charge on any atom is 0.301 e. The van der Waals surface area contributed by atoms with Crippen molar-refractivity contribution in [1.82, 2.24) is 4.31 Å². The van der Waals surface area contributed by atoms with E-state index in [9.17, 15) is 16.8 Å². The highest BCUT2D eigenvalue weighted by atomic mass is 35.5. The van der Waals surface area contributed by atoms with Gasteiger partial charge >= 0.3 is 10.2 Å². The average molecular weight is 354 g/mol. The van der Waals surface area contributed by atoms with Crippen molar-refractivity contribution in [3.05, 3.63) is 23.2 Å². The zero-order valence-corrected chi connectivity index (χ0v) is 13.5. The Morgan fingerprint density at radius 2 is 1.71 bits per heavy atom. The summed E-state index contributed by atoms with van der Waals surface area (Å²) in [5, 5.41) is 5.12. The topological polar surface area (TPSA) is 110 Å². The first-order chi connectivity index (χ1) is 9.70. The van der Waals surface area contributed by atoms with Crippen molar-refractivity contribution in [2.75, 3.05) is 17.8 Å². The van der Waals surface area contributed by atoms with E-state index in [4.69, 9.17) is 16.7 Å². The summed E-state index contributed by atoms with van der Waals surface area (Å²) in [7, 11) is -7.69. The largest absolute Gasteiger partial charge is 0.301 e. The molecule has 1 aromatic carbocycles. The van der Waals surface area contributed by atoms with Crippen LogP contribution < -0.4 is 9.86 Å². The van der Waals surface area contributed by atoms with Gasteiger partial charge in [-0.1, -0.05) is 18.0 Å². The lowest BCUT2D eigenvalue weighted by molar-refractivity contribution is 0.349. The SMILES string of the molecule is NS(=O)(=O)c1ccc(Cl)c(NS(=O)(=O)N2CCCCC2)c1. The molecule has 10 heteroatoms. The first kappa shape index (κ1) is 16.5. The third-order valence-corrected chi connectivity index (χ3v) is 5.92. The second-order valence-electron chi connectivity index (χ2n) is 4.75. The number of sulfonamides is 1. The fourth-order valence-corrected chi connectivity index (χ4v) is 4.14. The molecule has 0 amide bonds. The van der Waals surface area contributed by atoms with Crippen LogP contribution in [0, 0.1) is 0 Å². The highest BCUT2D eigenvalue weighted by Crippen LogP contribution is 2.27. The van der Waals surface area contributed by atoms with Gasteiger partial charge in [0, 0.05) is 13.1 Å². The van der Waals surface area contributed by atoms with Gasteiger partial charge in [-0.2, -0.15) is 12.7 Å². The lowest BCUT2D eigenvalue weighted by Gasteiger charge is -2.26. The van der Waals surface area contributed by atoms with Crippen molar-refractivity contribution in [2.45, 2.75) is 24.2 Å². The van der Waals surface area contributed by atoms with Gasteiger partial charge < -0.3 is 0 Å². The van der Waals surface area contributed by atoms with Gasteiger partial charge in [-0.05, 0) is 31.0 Å². The Kier molecular flexibility index (Phi) is 4.79. The first-order valence-corrected chi connectivity index (χ1v) is 9.67. The third-order valence-electron chi connectivity index (χ3n) is 3.16. The van der Waals surface area contributed by atoms with Gasteiger partial charge in [-0.3, -0.25) is 4.72 Å². The molecule has 0 bridgehead atoms. The monoisotopic (exact) mass is 353 g/mol. The van der Waals surface area contributed by atoms with E-state index in [-0.39, 0.29) is 15.6 Å². The number of hydrogen-bond acceptors (Lipinski definition) is 4. The number of hydrogen-bond donors (Lipinski definition) is 2. The number of nitrogens with zero attached hydrogens (tertiary/aromatic N) is 1. The van der Waals surface area contributed by atoms with Crippen molar-refractivity contribution in [1.29, 1.82) is 0 Å². The Bertz CT molecular complexity index is 728. The van der Waals surface area contributed by atoms with Crippen molar-refractivity contribution >= 4 is 37.5 Å². The zero-order valence-electron chi connectivity index (χ0n) is 11.1. The number of benzene rings is 1. The van der Waals surface area contributed by atoms with E-state index in [2.05, 4.69) is 4.72 Å². The molecular weight excluding hydrogens is 338 g/mol. The summed E-state index contributed by atoms with van der Waals surface area (Å²) >= 11 is 5.91. The van der Waals surface area contributed by atoms with E-state index in [0.717, 1.165) is 25.3 Å². The fourth-order valence-electron chi connectivity index (χ4n) is 2.07. The smallest absolute Gasteiger partial charge is 0.269 e. The first-order valence-electron chi connectivity index (χ1n) is 6.30. The summed E-state index contributed by atoms with van der Waals surface area (Å²) in [6.45, 7) is 0.865. The molecular formula is C11H16ClN3O4S2. The summed E-state index contributed by atoms with van der Waals surface area (Å²) in [5.74, 6) is 0. The van der Waals surface area contributed by atoms with Gasteiger partial charge in [-0.15, -0.1) is 0 Å². The predicted octanol–water partition coefficient (Wildman–Crippen LogP) is 1.13. The minimum atomic E-state index is -3.93. The number of piperidine rings is 1. The van der Waals surface area contributed by atoms with Crippen molar-refractivity contribution < 1.29 is 16.8 Å². The molecule has 0 aliphatic carbocycles. The lowest BCUT2D eigenvalue weighted by atomic mass is 10.2. The summed E-state index contributed by atoms with van der Waals surface area (Å²) in [6.07, 6.45) is 2.59. The van der Waals surface area contributed by atoms with Crippen LogP contribution in [0.4, 0.5) is 5.69 Å². The number of anilines is 1. The third kappa shape index (κ3) is 4.07. The molecule has 0 spiro atoms. The number of nitrogens with one attached hydrogen (secondary N) is 1. The van der Waals surface area contributed by atoms with Crippen LogP contribution in [-0.2, 0) is 20.2 Å². The average Bonchev–Trinajstić information content (AvgIpc) is 2.41. The zero-order chi connectivity index (χ0) is 15.7. The molecule has 0 unspecified atom stereocenters. The minimum absolute atomic E-state index is 0.00577. The van der Waals surface area contributed by atoms with Gasteiger partial charge in [0.15, 0.2) is 0 Å². The molecule has 0 aromatic heterocycles. The van der Waals surface area contributed by atoms with Crippen LogP contribution in [0.25, 0.3) is 0 Å². The summed E-state index contributed by atoms with van der Waals surface area (Å²) < 4.78 is 50.7. The molecule has 1 heterocycles. The Balaban J connectivity index is 2.30. The summed E-state index contributed by atoms with van der Waals surface area (Å²) in [5.41, 5.74) is -0.00577. The Morgan fingerprint density at radius 1 is 1.10 bits per heavy atom. The molecule has 118 valence electrons. The van der Waals surface area contributed by atoms with Crippen LogP contribution in [0.1, 0.15) is 19.3 Å². The van der Waals surface area contributed by atoms with E-state index in [1.54, 1.807) is 0 Å². The molecule has 0 atom stereocenters. The Hall–Kier alpha value is -0.870.